The van der Waals surface area contributed by atoms with Gasteiger partial charge in [-0.2, -0.15) is 0 Å². The Balaban J connectivity index is 1.69. The second kappa shape index (κ2) is 7.66. The summed E-state index contributed by atoms with van der Waals surface area (Å²) in [6, 6.07) is 17.6. The quantitative estimate of drug-likeness (QED) is 0.590. The molecule has 25 heavy (non-hydrogen) atoms. The molecule has 0 spiro atoms. The predicted octanol–water partition coefficient (Wildman–Crippen LogP) is 3.92. The molecule has 1 aromatic heterocycles. The van der Waals surface area contributed by atoms with Crippen molar-refractivity contribution in [3.8, 4) is 0 Å². The van der Waals surface area contributed by atoms with Gasteiger partial charge in [0.25, 0.3) is 0 Å². The van der Waals surface area contributed by atoms with Gasteiger partial charge in [0.05, 0.1) is 5.69 Å². The third-order valence-corrected chi connectivity index (χ3v) is 4.86. The van der Waals surface area contributed by atoms with Gasteiger partial charge in [-0.05, 0) is 36.2 Å². The summed E-state index contributed by atoms with van der Waals surface area (Å²) in [7, 11) is 1.80. The van der Waals surface area contributed by atoms with Crippen LogP contribution in [0, 0.1) is 0 Å². The van der Waals surface area contributed by atoms with Crippen molar-refractivity contribution in [2.45, 2.75) is 13.0 Å². The van der Waals surface area contributed by atoms with Crippen LogP contribution in [0.3, 0.4) is 0 Å². The summed E-state index contributed by atoms with van der Waals surface area (Å²) in [5.74, 6) is -0.0124. The van der Waals surface area contributed by atoms with Crippen LogP contribution in [0.2, 0.25) is 0 Å². The van der Waals surface area contributed by atoms with Crippen LogP contribution in [0.4, 0.5) is 0 Å². The minimum atomic E-state index is -0.0124. The van der Waals surface area contributed by atoms with Gasteiger partial charge in [0.15, 0.2) is 6.29 Å². The molecule has 5 heteroatoms. The number of hydrogen-bond donors (Lipinski definition) is 0. The number of carbonyl (C=O) groups excluding carboxylic acids is 2. The first-order valence-electron chi connectivity index (χ1n) is 8.10. The van der Waals surface area contributed by atoms with E-state index in [9.17, 15) is 9.59 Å². The Morgan fingerprint density at radius 2 is 1.88 bits per heavy atom. The molecule has 128 valence electrons. The van der Waals surface area contributed by atoms with Crippen molar-refractivity contribution in [3.63, 3.8) is 0 Å². The van der Waals surface area contributed by atoms with E-state index >= 15 is 0 Å². The van der Waals surface area contributed by atoms with E-state index in [1.165, 1.54) is 5.56 Å². The minimum absolute atomic E-state index is 0.0124. The summed E-state index contributed by atoms with van der Waals surface area (Å²) in [5.41, 5.74) is 2.61. The average molecular weight is 399 g/mol. The standard InChI is InChI=1S/C20H19BrN2O2/c1-22(11-10-15-6-8-17(21)9-7-15)20(25)13-23-18(14-24)12-16-4-2-3-5-19(16)23/h2-9,12,14H,10-11,13H2,1H3. The molecular weight excluding hydrogens is 380 g/mol. The second-order valence-electron chi connectivity index (χ2n) is 6.02. The number of rotatable bonds is 6. The van der Waals surface area contributed by atoms with Crippen molar-refractivity contribution in [1.29, 1.82) is 0 Å². The van der Waals surface area contributed by atoms with Gasteiger partial charge in [-0.1, -0.05) is 46.3 Å². The zero-order valence-electron chi connectivity index (χ0n) is 14.0. The zero-order valence-corrected chi connectivity index (χ0v) is 15.6. The molecular formula is C20H19BrN2O2. The highest BCUT2D eigenvalue weighted by molar-refractivity contribution is 9.10. The predicted molar refractivity (Wildman–Crippen MR) is 103 cm³/mol. The van der Waals surface area contributed by atoms with Crippen molar-refractivity contribution in [1.82, 2.24) is 9.47 Å². The Kier molecular flexibility index (Phi) is 5.34. The Labute approximate surface area is 155 Å². The van der Waals surface area contributed by atoms with Crippen molar-refractivity contribution in [3.05, 3.63) is 70.3 Å². The van der Waals surface area contributed by atoms with Gasteiger partial charge in [-0.15, -0.1) is 0 Å². The van der Waals surface area contributed by atoms with Gasteiger partial charge in [0.1, 0.15) is 6.54 Å². The molecule has 3 rings (SSSR count). The number of carbonyl (C=O) groups is 2. The maximum absolute atomic E-state index is 12.6. The van der Waals surface area contributed by atoms with Crippen LogP contribution in [0.15, 0.2) is 59.1 Å². The van der Waals surface area contributed by atoms with Crippen LogP contribution < -0.4 is 0 Å². The van der Waals surface area contributed by atoms with Crippen LogP contribution in [0.5, 0.6) is 0 Å². The van der Waals surface area contributed by atoms with Crippen molar-refractivity contribution >= 4 is 39.0 Å². The largest absolute Gasteiger partial charge is 0.344 e. The number of para-hydroxylation sites is 1. The van der Waals surface area contributed by atoms with E-state index in [1.807, 2.05) is 54.6 Å². The first-order chi connectivity index (χ1) is 12.1. The van der Waals surface area contributed by atoms with Crippen molar-refractivity contribution in [2.75, 3.05) is 13.6 Å². The number of aromatic nitrogens is 1. The van der Waals surface area contributed by atoms with Gasteiger partial charge in [-0.3, -0.25) is 9.59 Å². The summed E-state index contributed by atoms with van der Waals surface area (Å²) in [5, 5.41) is 0.968. The molecule has 4 nitrogen and oxygen atoms in total. The number of aldehydes is 1. The lowest BCUT2D eigenvalue weighted by Crippen LogP contribution is -2.32. The fourth-order valence-corrected chi connectivity index (χ4v) is 3.10. The van der Waals surface area contributed by atoms with E-state index in [1.54, 1.807) is 16.5 Å². The number of fused-ring (bicyclic) bond motifs is 1. The number of nitrogens with zero attached hydrogens (tertiary/aromatic N) is 2. The lowest BCUT2D eigenvalue weighted by Gasteiger charge is -2.18. The second-order valence-corrected chi connectivity index (χ2v) is 6.94. The average Bonchev–Trinajstić information content (AvgIpc) is 2.98. The topological polar surface area (TPSA) is 42.3 Å². The Bertz CT molecular complexity index is 900. The SMILES string of the molecule is CN(CCc1ccc(Br)cc1)C(=O)Cn1c(C=O)cc2ccccc21. The third kappa shape index (κ3) is 3.99. The van der Waals surface area contributed by atoms with E-state index in [2.05, 4.69) is 15.9 Å². The van der Waals surface area contributed by atoms with Crippen molar-refractivity contribution in [2.24, 2.45) is 0 Å². The summed E-state index contributed by atoms with van der Waals surface area (Å²) >= 11 is 3.42. The highest BCUT2D eigenvalue weighted by Crippen LogP contribution is 2.19. The summed E-state index contributed by atoms with van der Waals surface area (Å²) < 4.78 is 2.82. The van der Waals surface area contributed by atoms with Crippen LogP contribution >= 0.6 is 15.9 Å². The molecule has 1 heterocycles. The minimum Gasteiger partial charge on any atom is -0.344 e. The Morgan fingerprint density at radius 1 is 1.16 bits per heavy atom. The molecule has 0 aliphatic carbocycles. The molecule has 0 N–H and O–H groups in total. The first kappa shape index (κ1) is 17.4. The van der Waals surface area contributed by atoms with Gasteiger partial charge in [0.2, 0.25) is 5.91 Å². The maximum atomic E-state index is 12.6. The van der Waals surface area contributed by atoms with E-state index in [4.69, 9.17) is 0 Å². The van der Waals surface area contributed by atoms with Gasteiger partial charge in [0, 0.05) is 29.0 Å². The molecule has 0 saturated carbocycles. The van der Waals surface area contributed by atoms with Gasteiger partial charge < -0.3 is 9.47 Å². The smallest absolute Gasteiger partial charge is 0.242 e. The van der Waals surface area contributed by atoms with Crippen LogP contribution in [0.25, 0.3) is 10.9 Å². The normalized spacial score (nSPS) is 10.8. The number of amides is 1. The van der Waals surface area contributed by atoms with Crippen LogP contribution in [0.1, 0.15) is 16.1 Å². The molecule has 0 radical (unpaired) electrons. The van der Waals surface area contributed by atoms with E-state index in [-0.39, 0.29) is 12.5 Å². The fraction of sp³-hybridized carbons (Fsp3) is 0.200. The molecule has 1 amide bonds. The third-order valence-electron chi connectivity index (χ3n) is 4.33. The number of benzene rings is 2. The van der Waals surface area contributed by atoms with E-state index in [0.29, 0.717) is 12.2 Å². The van der Waals surface area contributed by atoms with Gasteiger partial charge in [-0.25, -0.2) is 0 Å². The van der Waals surface area contributed by atoms with Crippen LogP contribution in [-0.4, -0.2) is 35.3 Å². The molecule has 0 fully saturated rings. The van der Waals surface area contributed by atoms with Crippen LogP contribution in [-0.2, 0) is 17.8 Å². The summed E-state index contributed by atoms with van der Waals surface area (Å²) in [6.45, 7) is 0.800. The number of hydrogen-bond acceptors (Lipinski definition) is 2. The summed E-state index contributed by atoms with van der Waals surface area (Å²) in [6.07, 6.45) is 1.59. The summed E-state index contributed by atoms with van der Waals surface area (Å²) in [4.78, 5) is 25.6. The monoisotopic (exact) mass is 398 g/mol. The Morgan fingerprint density at radius 3 is 2.60 bits per heavy atom. The molecule has 0 bridgehead atoms. The fourth-order valence-electron chi connectivity index (χ4n) is 2.83. The van der Waals surface area contributed by atoms with E-state index < -0.39 is 0 Å². The molecule has 0 atom stereocenters. The zero-order chi connectivity index (χ0) is 17.8. The molecule has 0 saturated heterocycles. The lowest BCUT2D eigenvalue weighted by atomic mass is 10.1. The molecule has 0 aliphatic rings. The lowest BCUT2D eigenvalue weighted by molar-refractivity contribution is -0.130. The van der Waals surface area contributed by atoms with E-state index in [0.717, 1.165) is 28.1 Å². The number of halogens is 1. The maximum Gasteiger partial charge on any atom is 0.242 e. The first-order valence-corrected chi connectivity index (χ1v) is 8.89. The highest BCUT2D eigenvalue weighted by Gasteiger charge is 2.14. The molecule has 0 unspecified atom stereocenters. The molecule has 3 aromatic rings. The number of likely N-dealkylation sites (N-methyl/N-ethyl adjacent to an activating group) is 1. The molecule has 2 aromatic carbocycles. The highest BCUT2D eigenvalue weighted by atomic mass is 79.9. The van der Waals surface area contributed by atoms with Crippen molar-refractivity contribution < 1.29 is 9.59 Å². The molecule has 0 aliphatic heterocycles. The Hall–Kier alpha value is -2.40. The van der Waals surface area contributed by atoms with Gasteiger partial charge >= 0.3 is 0 Å².